The van der Waals surface area contributed by atoms with E-state index >= 15 is 0 Å². The summed E-state index contributed by atoms with van der Waals surface area (Å²) in [6, 6.07) is 7.66. The average Bonchev–Trinajstić information content (AvgIpc) is 2.43. The van der Waals surface area contributed by atoms with Crippen LogP contribution in [0.1, 0.15) is 12.0 Å². The molecule has 0 bridgehead atoms. The summed E-state index contributed by atoms with van der Waals surface area (Å²) in [5.74, 6) is -0.999. The maximum absolute atomic E-state index is 12.0. The Labute approximate surface area is 118 Å². The number of aliphatic carboxylic acids is 1. The number of carboxylic acid groups (broad SMARTS) is 1. The lowest BCUT2D eigenvalue weighted by atomic mass is 10.2. The fraction of sp³-hybridized carbons (Fsp3) is 0.385. The average molecular weight is 296 g/mol. The molecule has 6 nitrogen and oxygen atoms in total. The van der Waals surface area contributed by atoms with Gasteiger partial charge in [0.1, 0.15) is 0 Å². The second-order valence-electron chi connectivity index (χ2n) is 4.40. The first-order chi connectivity index (χ1) is 9.35. The van der Waals surface area contributed by atoms with E-state index in [9.17, 15) is 13.2 Å². The molecule has 1 rings (SSSR count). The molecule has 0 saturated carbocycles. The van der Waals surface area contributed by atoms with Crippen LogP contribution in [0.4, 0.5) is 0 Å². The van der Waals surface area contributed by atoms with E-state index in [4.69, 9.17) is 10.4 Å². The standard InChI is InChI=1S/C13H16N2O4S/c1-15(7-6-13(16)17)8-9-20(18,19)12-4-2-11(10-14)3-5-12/h2-5H,6-9H2,1H3,(H,16,17). The third-order valence-electron chi connectivity index (χ3n) is 2.79. The van der Waals surface area contributed by atoms with Gasteiger partial charge in [-0.1, -0.05) is 0 Å². The van der Waals surface area contributed by atoms with Gasteiger partial charge in [-0.15, -0.1) is 0 Å². The largest absolute Gasteiger partial charge is 0.481 e. The van der Waals surface area contributed by atoms with E-state index in [0.29, 0.717) is 12.1 Å². The minimum absolute atomic E-state index is 0.0204. The number of hydrogen-bond acceptors (Lipinski definition) is 5. The van der Waals surface area contributed by atoms with Crippen molar-refractivity contribution in [1.82, 2.24) is 4.90 Å². The van der Waals surface area contributed by atoms with Crippen molar-refractivity contribution in [3.05, 3.63) is 29.8 Å². The van der Waals surface area contributed by atoms with Gasteiger partial charge in [-0.3, -0.25) is 4.79 Å². The molecule has 108 valence electrons. The summed E-state index contributed by atoms with van der Waals surface area (Å²) in [5, 5.41) is 17.2. The summed E-state index contributed by atoms with van der Waals surface area (Å²) in [6.07, 6.45) is -0.0204. The SMILES string of the molecule is CN(CCC(=O)O)CCS(=O)(=O)c1ccc(C#N)cc1. The number of carboxylic acids is 1. The molecule has 0 aliphatic rings. The zero-order valence-corrected chi connectivity index (χ0v) is 11.9. The Morgan fingerprint density at radius 3 is 2.40 bits per heavy atom. The molecule has 0 spiro atoms. The van der Waals surface area contributed by atoms with Crippen LogP contribution in [0.3, 0.4) is 0 Å². The molecule has 0 radical (unpaired) electrons. The van der Waals surface area contributed by atoms with Crippen molar-refractivity contribution in [3.8, 4) is 6.07 Å². The minimum Gasteiger partial charge on any atom is -0.481 e. The smallest absolute Gasteiger partial charge is 0.304 e. The molecular weight excluding hydrogens is 280 g/mol. The second-order valence-corrected chi connectivity index (χ2v) is 6.51. The summed E-state index contributed by atoms with van der Waals surface area (Å²) in [6.45, 7) is 0.563. The van der Waals surface area contributed by atoms with Gasteiger partial charge in [0.05, 0.1) is 28.7 Å². The lowest BCUT2D eigenvalue weighted by Crippen LogP contribution is -2.27. The van der Waals surface area contributed by atoms with Crippen molar-refractivity contribution in [1.29, 1.82) is 5.26 Å². The third kappa shape index (κ3) is 4.99. The number of hydrogen-bond donors (Lipinski definition) is 1. The first-order valence-electron chi connectivity index (χ1n) is 5.98. The van der Waals surface area contributed by atoms with E-state index in [1.807, 2.05) is 6.07 Å². The lowest BCUT2D eigenvalue weighted by Gasteiger charge is -2.15. The van der Waals surface area contributed by atoms with Crippen LogP contribution in [0, 0.1) is 11.3 Å². The van der Waals surface area contributed by atoms with Crippen LogP contribution >= 0.6 is 0 Å². The second kappa shape index (κ2) is 7.03. The van der Waals surface area contributed by atoms with Crippen molar-refractivity contribution in [2.45, 2.75) is 11.3 Å². The van der Waals surface area contributed by atoms with Gasteiger partial charge in [-0.25, -0.2) is 8.42 Å². The van der Waals surface area contributed by atoms with Crippen molar-refractivity contribution in [2.75, 3.05) is 25.9 Å². The molecule has 20 heavy (non-hydrogen) atoms. The Bertz CT molecular complexity index is 602. The fourth-order valence-electron chi connectivity index (χ4n) is 1.53. The van der Waals surface area contributed by atoms with Crippen LogP contribution in [0.5, 0.6) is 0 Å². The number of rotatable bonds is 7. The maximum atomic E-state index is 12.0. The zero-order chi connectivity index (χ0) is 15.2. The number of nitriles is 1. The van der Waals surface area contributed by atoms with Crippen LogP contribution in [0.25, 0.3) is 0 Å². The van der Waals surface area contributed by atoms with Crippen LogP contribution in [0.2, 0.25) is 0 Å². The highest BCUT2D eigenvalue weighted by Gasteiger charge is 2.15. The summed E-state index contributed by atoms with van der Waals surface area (Å²) in [4.78, 5) is 12.2. The summed E-state index contributed by atoms with van der Waals surface area (Å²) in [5.41, 5.74) is 0.405. The summed E-state index contributed by atoms with van der Waals surface area (Å²) >= 11 is 0. The highest BCUT2D eigenvalue weighted by molar-refractivity contribution is 7.91. The van der Waals surface area contributed by atoms with Crippen LogP contribution < -0.4 is 0 Å². The van der Waals surface area contributed by atoms with Crippen molar-refractivity contribution in [2.24, 2.45) is 0 Å². The van der Waals surface area contributed by atoms with Crippen molar-refractivity contribution in [3.63, 3.8) is 0 Å². The van der Waals surface area contributed by atoms with Gasteiger partial charge in [-0.05, 0) is 31.3 Å². The summed E-state index contributed by atoms with van der Waals surface area (Å²) in [7, 11) is -1.74. The van der Waals surface area contributed by atoms with Gasteiger partial charge in [0.2, 0.25) is 0 Å². The minimum atomic E-state index is -3.42. The Morgan fingerprint density at radius 2 is 1.90 bits per heavy atom. The quantitative estimate of drug-likeness (QED) is 0.796. The molecule has 0 unspecified atom stereocenters. The van der Waals surface area contributed by atoms with Gasteiger partial charge in [0.15, 0.2) is 9.84 Å². The van der Waals surface area contributed by atoms with Crippen molar-refractivity contribution >= 4 is 15.8 Å². The van der Waals surface area contributed by atoms with Gasteiger partial charge >= 0.3 is 5.97 Å². The number of nitrogens with zero attached hydrogens (tertiary/aromatic N) is 2. The Morgan fingerprint density at radius 1 is 1.30 bits per heavy atom. The first kappa shape index (κ1) is 16.1. The van der Waals surface area contributed by atoms with Gasteiger partial charge in [-0.2, -0.15) is 5.26 Å². The highest BCUT2D eigenvalue weighted by Crippen LogP contribution is 2.12. The molecule has 0 atom stereocenters. The normalized spacial score (nSPS) is 11.2. The monoisotopic (exact) mass is 296 g/mol. The van der Waals surface area contributed by atoms with Crippen LogP contribution in [0.15, 0.2) is 29.2 Å². The van der Waals surface area contributed by atoms with Crippen molar-refractivity contribution < 1.29 is 18.3 Å². The Hall–Kier alpha value is -1.91. The van der Waals surface area contributed by atoms with E-state index in [1.54, 1.807) is 11.9 Å². The zero-order valence-electron chi connectivity index (χ0n) is 11.1. The Balaban J connectivity index is 2.61. The predicted molar refractivity (Wildman–Crippen MR) is 73.0 cm³/mol. The molecule has 0 aromatic heterocycles. The molecule has 1 aromatic rings. The molecule has 0 aliphatic carbocycles. The topological polar surface area (TPSA) is 98.5 Å². The molecule has 1 aromatic carbocycles. The fourth-order valence-corrected chi connectivity index (χ4v) is 2.87. The van der Waals surface area contributed by atoms with E-state index in [1.165, 1.54) is 24.3 Å². The van der Waals surface area contributed by atoms with E-state index in [2.05, 4.69) is 0 Å². The molecule has 7 heteroatoms. The summed E-state index contributed by atoms with van der Waals surface area (Å²) < 4.78 is 24.1. The number of carbonyl (C=O) groups is 1. The van der Waals surface area contributed by atoms with Crippen LogP contribution in [-0.4, -0.2) is 50.3 Å². The van der Waals surface area contributed by atoms with E-state index < -0.39 is 15.8 Å². The number of sulfone groups is 1. The Kier molecular flexibility index (Phi) is 5.67. The highest BCUT2D eigenvalue weighted by atomic mass is 32.2. The predicted octanol–water partition coefficient (Wildman–Crippen LogP) is 0.738. The first-order valence-corrected chi connectivity index (χ1v) is 7.63. The lowest BCUT2D eigenvalue weighted by molar-refractivity contribution is -0.137. The molecule has 0 fully saturated rings. The third-order valence-corrected chi connectivity index (χ3v) is 4.50. The van der Waals surface area contributed by atoms with E-state index in [0.717, 1.165) is 0 Å². The van der Waals surface area contributed by atoms with E-state index in [-0.39, 0.29) is 23.6 Å². The molecule has 0 saturated heterocycles. The van der Waals surface area contributed by atoms with Gasteiger partial charge in [0.25, 0.3) is 0 Å². The molecule has 0 heterocycles. The van der Waals surface area contributed by atoms with Crippen LogP contribution in [-0.2, 0) is 14.6 Å². The maximum Gasteiger partial charge on any atom is 0.304 e. The van der Waals surface area contributed by atoms with Gasteiger partial charge in [0, 0.05) is 13.1 Å². The molecular formula is C13H16N2O4S. The molecule has 1 N–H and O–H groups in total. The number of benzene rings is 1. The molecule has 0 amide bonds. The van der Waals surface area contributed by atoms with Gasteiger partial charge < -0.3 is 10.0 Å². The molecule has 0 aliphatic heterocycles.